The van der Waals surface area contributed by atoms with E-state index >= 15 is 0 Å². The largest absolute Gasteiger partial charge is 0.396 e. The van der Waals surface area contributed by atoms with Crippen molar-refractivity contribution in [2.75, 3.05) is 19.7 Å². The number of nitrogens with zero attached hydrogens (tertiary/aromatic N) is 2. The number of aliphatic hydroxyl groups excluding tert-OH is 1. The monoisotopic (exact) mass is 317 g/mol. The molecule has 0 spiro atoms. The van der Waals surface area contributed by atoms with Gasteiger partial charge >= 0.3 is 0 Å². The average molecular weight is 317 g/mol. The predicted octanol–water partition coefficient (Wildman–Crippen LogP) is 0.821. The van der Waals surface area contributed by atoms with E-state index in [0.717, 1.165) is 19.3 Å². The van der Waals surface area contributed by atoms with Gasteiger partial charge < -0.3 is 15.3 Å². The smallest absolute Gasteiger partial charge is 0.253 e. The number of aliphatic hydroxyl groups is 1. The van der Waals surface area contributed by atoms with Gasteiger partial charge in [-0.05, 0) is 31.4 Å². The summed E-state index contributed by atoms with van der Waals surface area (Å²) in [7, 11) is 0. The number of carbonyl (C=O) groups is 2. The number of aromatic nitrogens is 1. The van der Waals surface area contributed by atoms with Crippen LogP contribution in [-0.4, -0.2) is 52.5 Å². The van der Waals surface area contributed by atoms with E-state index in [1.54, 1.807) is 18.3 Å². The molecular weight excluding hydrogens is 294 g/mol. The van der Waals surface area contributed by atoms with Crippen LogP contribution in [0, 0.1) is 11.8 Å². The number of carbonyl (C=O) groups excluding carboxylic acids is 2. The summed E-state index contributed by atoms with van der Waals surface area (Å²) >= 11 is 0. The highest BCUT2D eigenvalue weighted by Crippen LogP contribution is 2.30. The van der Waals surface area contributed by atoms with Crippen molar-refractivity contribution in [3.63, 3.8) is 0 Å². The quantitative estimate of drug-likeness (QED) is 0.861. The number of amides is 2. The number of likely N-dealkylation sites (tertiary alicyclic amines) is 1. The van der Waals surface area contributed by atoms with Gasteiger partial charge in [0.15, 0.2) is 0 Å². The summed E-state index contributed by atoms with van der Waals surface area (Å²) in [5.41, 5.74) is 0.511. The molecule has 2 fully saturated rings. The Balaban J connectivity index is 1.58. The Labute approximate surface area is 135 Å². The lowest BCUT2D eigenvalue weighted by atomic mass is 9.83. The van der Waals surface area contributed by atoms with Gasteiger partial charge in [-0.1, -0.05) is 6.42 Å². The van der Waals surface area contributed by atoms with Crippen molar-refractivity contribution in [1.82, 2.24) is 15.2 Å². The van der Waals surface area contributed by atoms with Crippen LogP contribution in [0.15, 0.2) is 24.5 Å². The fourth-order valence-electron chi connectivity index (χ4n) is 3.27. The second kappa shape index (κ2) is 7.08. The van der Waals surface area contributed by atoms with E-state index in [2.05, 4.69) is 10.3 Å². The first-order valence-electron chi connectivity index (χ1n) is 8.29. The third-order valence-corrected chi connectivity index (χ3v) is 4.97. The first-order valence-corrected chi connectivity index (χ1v) is 8.29. The number of rotatable bonds is 4. The van der Waals surface area contributed by atoms with Gasteiger partial charge in [-0.3, -0.25) is 14.6 Å². The van der Waals surface area contributed by atoms with Gasteiger partial charge in [-0.15, -0.1) is 0 Å². The summed E-state index contributed by atoms with van der Waals surface area (Å²) in [6.45, 7) is 1.13. The first kappa shape index (κ1) is 15.9. The molecule has 2 aliphatic rings. The van der Waals surface area contributed by atoms with Crippen molar-refractivity contribution >= 4 is 11.8 Å². The van der Waals surface area contributed by atoms with Gasteiger partial charge in [-0.2, -0.15) is 0 Å². The lowest BCUT2D eigenvalue weighted by molar-refractivity contribution is -0.140. The van der Waals surface area contributed by atoms with Gasteiger partial charge in [0.1, 0.15) is 0 Å². The van der Waals surface area contributed by atoms with Crippen molar-refractivity contribution < 1.29 is 14.7 Å². The van der Waals surface area contributed by atoms with E-state index in [0.29, 0.717) is 25.1 Å². The fraction of sp³-hybridized carbons (Fsp3) is 0.588. The second-order valence-electron chi connectivity index (χ2n) is 6.47. The molecule has 1 saturated carbocycles. The van der Waals surface area contributed by atoms with Gasteiger partial charge in [0.05, 0.1) is 5.56 Å². The van der Waals surface area contributed by atoms with Crippen molar-refractivity contribution in [2.24, 2.45) is 11.8 Å². The molecule has 0 bridgehead atoms. The maximum atomic E-state index is 12.3. The van der Waals surface area contributed by atoms with Gasteiger partial charge in [0.2, 0.25) is 5.91 Å². The highest BCUT2D eigenvalue weighted by molar-refractivity contribution is 5.94. The molecule has 0 unspecified atom stereocenters. The van der Waals surface area contributed by atoms with Gasteiger partial charge in [0.25, 0.3) is 5.91 Å². The number of nitrogens with one attached hydrogen (secondary N) is 1. The minimum absolute atomic E-state index is 0.0353. The highest BCUT2D eigenvalue weighted by atomic mass is 16.3. The lowest BCUT2D eigenvalue weighted by Gasteiger charge is -2.40. The Morgan fingerprint density at radius 3 is 2.78 bits per heavy atom. The number of piperidine rings is 1. The Morgan fingerprint density at radius 2 is 2.17 bits per heavy atom. The van der Waals surface area contributed by atoms with Crippen LogP contribution in [0.3, 0.4) is 0 Å². The Kier molecular flexibility index (Phi) is 4.91. The fourth-order valence-corrected chi connectivity index (χ4v) is 3.27. The van der Waals surface area contributed by atoms with Crippen molar-refractivity contribution in [1.29, 1.82) is 0 Å². The SMILES string of the molecule is O=C(N[C@@H]1CCN(C(=O)C2CCC2)C[C@@H]1CO)c1cccnc1. The van der Waals surface area contributed by atoms with Crippen LogP contribution < -0.4 is 5.32 Å². The molecule has 0 radical (unpaired) electrons. The van der Waals surface area contributed by atoms with Crippen molar-refractivity contribution in [2.45, 2.75) is 31.7 Å². The third-order valence-electron chi connectivity index (χ3n) is 4.97. The number of hydrogen-bond acceptors (Lipinski definition) is 4. The van der Waals surface area contributed by atoms with Crippen LogP contribution in [-0.2, 0) is 4.79 Å². The molecule has 6 heteroatoms. The predicted molar refractivity (Wildman–Crippen MR) is 84.6 cm³/mol. The molecule has 0 aromatic carbocycles. The molecule has 1 aliphatic carbocycles. The molecule has 2 heterocycles. The molecule has 6 nitrogen and oxygen atoms in total. The minimum Gasteiger partial charge on any atom is -0.396 e. The molecule has 2 amide bonds. The van der Waals surface area contributed by atoms with Gasteiger partial charge in [-0.25, -0.2) is 0 Å². The average Bonchev–Trinajstić information content (AvgIpc) is 2.54. The molecule has 2 atom stereocenters. The minimum atomic E-state index is -0.180. The zero-order valence-corrected chi connectivity index (χ0v) is 13.1. The van der Waals surface area contributed by atoms with Crippen LogP contribution in [0.4, 0.5) is 0 Å². The van der Waals surface area contributed by atoms with Gasteiger partial charge in [0, 0.05) is 50.0 Å². The second-order valence-corrected chi connectivity index (χ2v) is 6.47. The molecular formula is C17H23N3O3. The zero-order valence-electron chi connectivity index (χ0n) is 13.1. The van der Waals surface area contributed by atoms with E-state index in [9.17, 15) is 14.7 Å². The molecule has 1 saturated heterocycles. The highest BCUT2D eigenvalue weighted by Gasteiger charge is 2.36. The Morgan fingerprint density at radius 1 is 1.35 bits per heavy atom. The summed E-state index contributed by atoms with van der Waals surface area (Å²) in [5, 5.41) is 12.6. The maximum absolute atomic E-state index is 12.3. The summed E-state index contributed by atoms with van der Waals surface area (Å²) in [6, 6.07) is 3.32. The molecule has 1 aromatic rings. The van der Waals surface area contributed by atoms with E-state index in [-0.39, 0.29) is 36.3 Å². The summed E-state index contributed by atoms with van der Waals surface area (Å²) in [4.78, 5) is 30.4. The Hall–Kier alpha value is -1.95. The molecule has 2 N–H and O–H groups in total. The molecule has 1 aromatic heterocycles. The van der Waals surface area contributed by atoms with Crippen LogP contribution >= 0.6 is 0 Å². The van der Waals surface area contributed by atoms with E-state index in [1.165, 1.54) is 6.20 Å². The topological polar surface area (TPSA) is 82.5 Å². The van der Waals surface area contributed by atoms with E-state index in [4.69, 9.17) is 0 Å². The lowest BCUT2D eigenvalue weighted by Crippen LogP contribution is -2.54. The third kappa shape index (κ3) is 3.52. The summed E-state index contributed by atoms with van der Waals surface area (Å²) < 4.78 is 0. The summed E-state index contributed by atoms with van der Waals surface area (Å²) in [5.74, 6) is 0.0938. The van der Waals surface area contributed by atoms with E-state index in [1.807, 2.05) is 4.90 Å². The van der Waals surface area contributed by atoms with Crippen LogP contribution in [0.2, 0.25) is 0 Å². The van der Waals surface area contributed by atoms with E-state index < -0.39 is 0 Å². The molecule has 1 aliphatic heterocycles. The number of hydrogen-bond donors (Lipinski definition) is 2. The maximum Gasteiger partial charge on any atom is 0.253 e. The van der Waals surface area contributed by atoms with Crippen LogP contribution in [0.5, 0.6) is 0 Å². The van der Waals surface area contributed by atoms with Crippen molar-refractivity contribution in [3.8, 4) is 0 Å². The standard InChI is InChI=1S/C17H23N3O3/c21-11-14-10-20(17(23)12-3-1-4-12)8-6-15(14)19-16(22)13-5-2-7-18-9-13/h2,5,7,9,12,14-15,21H,1,3-4,6,8,10-11H2,(H,19,22)/t14-,15-/m1/s1. The zero-order chi connectivity index (χ0) is 16.2. The first-order chi connectivity index (χ1) is 11.2. The van der Waals surface area contributed by atoms with Crippen LogP contribution in [0.1, 0.15) is 36.0 Å². The van der Waals surface area contributed by atoms with Crippen LogP contribution in [0.25, 0.3) is 0 Å². The number of pyridine rings is 1. The molecule has 23 heavy (non-hydrogen) atoms. The normalized spacial score (nSPS) is 24.8. The summed E-state index contributed by atoms with van der Waals surface area (Å²) in [6.07, 6.45) is 6.93. The molecule has 3 rings (SSSR count). The Bertz CT molecular complexity index is 559. The van der Waals surface area contributed by atoms with Crippen molar-refractivity contribution in [3.05, 3.63) is 30.1 Å². The molecule has 124 valence electrons.